The van der Waals surface area contributed by atoms with E-state index in [1.807, 2.05) is 6.92 Å². The van der Waals surface area contributed by atoms with Gasteiger partial charge < -0.3 is 20.1 Å². The molecule has 2 N–H and O–H groups in total. The number of carbonyl (C=O) groups is 3. The van der Waals surface area contributed by atoms with Gasteiger partial charge in [0.15, 0.2) is 5.78 Å². The van der Waals surface area contributed by atoms with Crippen molar-refractivity contribution in [2.24, 2.45) is 11.7 Å². The monoisotopic (exact) mass is 382 g/mol. The number of hydrogen-bond donors (Lipinski definition) is 1. The molecule has 1 aromatic carbocycles. The number of esters is 1. The second kappa shape index (κ2) is 6.22. The Bertz CT molecular complexity index is 977. The number of ether oxygens (including phenoxy) is 2. The summed E-state index contributed by atoms with van der Waals surface area (Å²) in [6, 6.07) is 7.12. The van der Waals surface area contributed by atoms with Gasteiger partial charge in [-0.15, -0.1) is 0 Å². The van der Waals surface area contributed by atoms with Gasteiger partial charge in [0.05, 0.1) is 12.2 Å². The Morgan fingerprint density at radius 2 is 2.04 bits per heavy atom. The van der Waals surface area contributed by atoms with Crippen LogP contribution in [0, 0.1) is 5.92 Å². The number of ketones is 1. The van der Waals surface area contributed by atoms with Crippen molar-refractivity contribution in [3.8, 4) is 0 Å². The first kappa shape index (κ1) is 18.3. The Balaban J connectivity index is 2.09. The molecule has 2 atom stereocenters. The van der Waals surface area contributed by atoms with Crippen LogP contribution >= 0.6 is 0 Å². The van der Waals surface area contributed by atoms with E-state index in [1.165, 1.54) is 4.90 Å². The van der Waals surface area contributed by atoms with E-state index in [4.69, 9.17) is 15.2 Å². The van der Waals surface area contributed by atoms with E-state index in [0.717, 1.165) is 0 Å². The molecule has 0 saturated heterocycles. The minimum atomic E-state index is -1.63. The number of amides is 1. The van der Waals surface area contributed by atoms with E-state index in [0.29, 0.717) is 23.4 Å². The van der Waals surface area contributed by atoms with E-state index < -0.39 is 17.3 Å². The van der Waals surface area contributed by atoms with Crippen LogP contribution in [-0.2, 0) is 29.3 Å². The number of para-hydroxylation sites is 1. The zero-order chi connectivity index (χ0) is 20.2. The van der Waals surface area contributed by atoms with E-state index in [-0.39, 0.29) is 41.8 Å². The molecular formula is C21H22N2O5. The number of nitrogens with zero attached hydrogens (tertiary/aromatic N) is 1. The fraction of sp³-hybridized carbons (Fsp3) is 0.381. The highest BCUT2D eigenvalue weighted by atomic mass is 16.5. The summed E-state index contributed by atoms with van der Waals surface area (Å²) in [4.78, 5) is 41.2. The number of Topliss-reactive ketones (excluding diaryl/α,β-unsaturated/α-hetero) is 1. The number of nitrogens with two attached hydrogens (primary N) is 1. The fourth-order valence-corrected chi connectivity index (χ4v) is 4.57. The van der Waals surface area contributed by atoms with Gasteiger partial charge in [0, 0.05) is 31.1 Å². The number of allylic oxidation sites excluding steroid dienone is 1. The summed E-state index contributed by atoms with van der Waals surface area (Å²) in [5.41, 5.74) is 5.81. The van der Waals surface area contributed by atoms with Gasteiger partial charge >= 0.3 is 5.97 Å². The van der Waals surface area contributed by atoms with Gasteiger partial charge in [0.2, 0.25) is 11.8 Å². The number of benzene rings is 1. The van der Waals surface area contributed by atoms with E-state index >= 15 is 0 Å². The van der Waals surface area contributed by atoms with Crippen molar-refractivity contribution in [2.45, 2.75) is 32.1 Å². The van der Waals surface area contributed by atoms with Crippen LogP contribution in [0.5, 0.6) is 0 Å². The third-order valence-corrected chi connectivity index (χ3v) is 5.63. The third kappa shape index (κ3) is 2.19. The summed E-state index contributed by atoms with van der Waals surface area (Å²) < 4.78 is 11.0. The lowest BCUT2D eigenvalue weighted by Crippen LogP contribution is -2.51. The second-order valence-electron chi connectivity index (χ2n) is 7.43. The molecule has 1 aromatic rings. The summed E-state index contributed by atoms with van der Waals surface area (Å²) in [6.07, 6.45) is 0.748. The summed E-state index contributed by atoms with van der Waals surface area (Å²) >= 11 is 0. The first-order valence-corrected chi connectivity index (χ1v) is 9.33. The minimum absolute atomic E-state index is 0.0599. The van der Waals surface area contributed by atoms with Gasteiger partial charge in [-0.3, -0.25) is 9.59 Å². The molecule has 0 saturated carbocycles. The molecule has 0 radical (unpaired) electrons. The number of carbonyl (C=O) groups excluding carboxylic acids is 3. The Kier molecular flexibility index (Phi) is 4.06. The minimum Gasteiger partial charge on any atom is -0.462 e. The number of rotatable bonds is 2. The lowest BCUT2D eigenvalue weighted by Gasteiger charge is -2.39. The second-order valence-corrected chi connectivity index (χ2v) is 7.43. The van der Waals surface area contributed by atoms with Crippen LogP contribution in [0.15, 0.2) is 47.1 Å². The van der Waals surface area contributed by atoms with Crippen molar-refractivity contribution in [3.63, 3.8) is 0 Å². The van der Waals surface area contributed by atoms with Crippen LogP contribution in [0.2, 0.25) is 0 Å². The molecular weight excluding hydrogens is 360 g/mol. The van der Waals surface area contributed by atoms with Crippen LogP contribution in [0.25, 0.3) is 0 Å². The molecule has 4 rings (SSSR count). The summed E-state index contributed by atoms with van der Waals surface area (Å²) in [7, 11) is 1.63. The Morgan fingerprint density at radius 1 is 1.32 bits per heavy atom. The molecule has 1 aliphatic carbocycles. The SMILES string of the molecule is CCOC(=O)C1=C(N)OC2=C(C(=O)CC(C)C2)C12C(=O)N(C)c1ccccc12. The van der Waals surface area contributed by atoms with Gasteiger partial charge in [0.1, 0.15) is 16.7 Å². The molecule has 2 aliphatic heterocycles. The van der Waals surface area contributed by atoms with Crippen molar-refractivity contribution in [2.75, 3.05) is 18.6 Å². The van der Waals surface area contributed by atoms with Gasteiger partial charge in [-0.1, -0.05) is 25.1 Å². The van der Waals surface area contributed by atoms with Gasteiger partial charge in [-0.25, -0.2) is 4.79 Å². The zero-order valence-corrected chi connectivity index (χ0v) is 16.1. The maximum absolute atomic E-state index is 13.7. The normalized spacial score (nSPS) is 26.4. The summed E-state index contributed by atoms with van der Waals surface area (Å²) in [6.45, 7) is 3.71. The molecule has 0 bridgehead atoms. The first-order valence-electron chi connectivity index (χ1n) is 9.33. The smallest absolute Gasteiger partial charge is 0.341 e. The summed E-state index contributed by atoms with van der Waals surface area (Å²) in [5, 5.41) is 0. The zero-order valence-electron chi connectivity index (χ0n) is 16.1. The number of fused-ring (bicyclic) bond motifs is 3. The van der Waals surface area contributed by atoms with Gasteiger partial charge in [0.25, 0.3) is 0 Å². The van der Waals surface area contributed by atoms with E-state index in [1.54, 1.807) is 38.2 Å². The average molecular weight is 382 g/mol. The highest BCUT2D eigenvalue weighted by Gasteiger charge is 2.63. The number of hydrogen-bond acceptors (Lipinski definition) is 6. The third-order valence-electron chi connectivity index (χ3n) is 5.63. The Labute approximate surface area is 162 Å². The van der Waals surface area contributed by atoms with Crippen LogP contribution in [0.3, 0.4) is 0 Å². The molecule has 1 amide bonds. The summed E-state index contributed by atoms with van der Waals surface area (Å²) in [5.74, 6) is -1.12. The molecule has 0 fully saturated rings. The van der Waals surface area contributed by atoms with Crippen molar-refractivity contribution in [1.82, 2.24) is 0 Å². The highest BCUT2D eigenvalue weighted by molar-refractivity contribution is 6.23. The standard InChI is InChI=1S/C21H22N2O5/c1-4-27-19(25)17-18(22)28-15-10-11(2)9-14(24)16(15)21(17)12-7-5-6-8-13(12)23(3)20(21)26/h5-8,11H,4,9-10,22H2,1-3H3. The maximum Gasteiger partial charge on any atom is 0.341 e. The van der Waals surface area contributed by atoms with Crippen LogP contribution in [-0.4, -0.2) is 31.3 Å². The quantitative estimate of drug-likeness (QED) is 0.785. The van der Waals surface area contributed by atoms with Crippen LogP contribution < -0.4 is 10.6 Å². The van der Waals surface area contributed by atoms with Crippen LogP contribution in [0.4, 0.5) is 5.69 Å². The molecule has 1 spiro atoms. The lowest BCUT2D eigenvalue weighted by atomic mass is 9.64. The Morgan fingerprint density at radius 3 is 2.75 bits per heavy atom. The largest absolute Gasteiger partial charge is 0.462 e. The topological polar surface area (TPSA) is 98.9 Å². The predicted molar refractivity (Wildman–Crippen MR) is 101 cm³/mol. The molecule has 146 valence electrons. The average Bonchev–Trinajstić information content (AvgIpc) is 2.84. The molecule has 0 aromatic heterocycles. The van der Waals surface area contributed by atoms with Gasteiger partial charge in [-0.2, -0.15) is 0 Å². The molecule has 7 heteroatoms. The fourth-order valence-electron chi connectivity index (χ4n) is 4.57. The molecule has 3 aliphatic rings. The maximum atomic E-state index is 13.7. The first-order chi connectivity index (χ1) is 13.3. The van der Waals surface area contributed by atoms with Gasteiger partial charge in [-0.05, 0) is 18.9 Å². The molecule has 2 unspecified atom stereocenters. The molecule has 28 heavy (non-hydrogen) atoms. The highest BCUT2D eigenvalue weighted by Crippen LogP contribution is 2.56. The lowest BCUT2D eigenvalue weighted by molar-refractivity contribution is -0.141. The van der Waals surface area contributed by atoms with E-state index in [9.17, 15) is 14.4 Å². The number of likely N-dealkylation sites (N-methyl/N-ethyl adjacent to an activating group) is 1. The molecule has 2 heterocycles. The van der Waals surface area contributed by atoms with E-state index in [2.05, 4.69) is 0 Å². The predicted octanol–water partition coefficient (Wildman–Crippen LogP) is 1.92. The van der Waals surface area contributed by atoms with Crippen molar-refractivity contribution in [3.05, 3.63) is 52.6 Å². The molecule has 7 nitrogen and oxygen atoms in total. The number of anilines is 1. The van der Waals surface area contributed by atoms with Crippen molar-refractivity contribution < 1.29 is 23.9 Å². The Hall–Kier alpha value is -3.09. The van der Waals surface area contributed by atoms with Crippen molar-refractivity contribution >= 4 is 23.3 Å². The van der Waals surface area contributed by atoms with Crippen molar-refractivity contribution in [1.29, 1.82) is 0 Å². The van der Waals surface area contributed by atoms with Crippen LogP contribution in [0.1, 0.15) is 32.3 Å².